The van der Waals surface area contributed by atoms with Crippen LogP contribution in [0.5, 0.6) is 11.5 Å². The van der Waals surface area contributed by atoms with Gasteiger partial charge in [0.25, 0.3) is 0 Å². The number of unbranched alkanes of at least 4 members (excludes halogenated alkanes) is 1. The van der Waals surface area contributed by atoms with Gasteiger partial charge in [0, 0.05) is 13.0 Å². The van der Waals surface area contributed by atoms with Crippen LogP contribution in [0.2, 0.25) is 0 Å². The minimum absolute atomic E-state index is 0.0392. The number of aromatic hydroxyl groups is 2. The lowest BCUT2D eigenvalue weighted by Gasteiger charge is -2.34. The van der Waals surface area contributed by atoms with Crippen LogP contribution in [0.15, 0.2) is 48.5 Å². The summed E-state index contributed by atoms with van der Waals surface area (Å²) in [7, 11) is 1.19. The summed E-state index contributed by atoms with van der Waals surface area (Å²) in [6, 6.07) is 9.73. The average molecular weight is 558 g/mol. The number of esters is 1. The second-order valence-electron chi connectivity index (χ2n) is 10.2. The van der Waals surface area contributed by atoms with Crippen LogP contribution in [0.3, 0.4) is 0 Å². The Labute approximate surface area is 234 Å². The quantitative estimate of drug-likeness (QED) is 0.290. The molecule has 4 N–H and O–H groups in total. The summed E-state index contributed by atoms with van der Waals surface area (Å²) in [5.41, 5.74) is 0.134. The van der Waals surface area contributed by atoms with Crippen molar-refractivity contribution < 1.29 is 38.9 Å². The van der Waals surface area contributed by atoms with Crippen LogP contribution < -0.4 is 10.6 Å². The van der Waals surface area contributed by atoms with Gasteiger partial charge in [0.2, 0.25) is 11.8 Å². The molecule has 0 saturated heterocycles. The molecule has 40 heavy (non-hydrogen) atoms. The van der Waals surface area contributed by atoms with Gasteiger partial charge in [0.1, 0.15) is 35.7 Å². The monoisotopic (exact) mass is 557 g/mol. The van der Waals surface area contributed by atoms with Gasteiger partial charge in [0.05, 0.1) is 7.11 Å². The van der Waals surface area contributed by atoms with Gasteiger partial charge in [-0.3, -0.25) is 14.4 Å². The van der Waals surface area contributed by atoms with E-state index in [9.17, 15) is 29.4 Å². The van der Waals surface area contributed by atoms with E-state index in [2.05, 4.69) is 15.4 Å². The van der Waals surface area contributed by atoms with E-state index in [0.29, 0.717) is 24.0 Å². The van der Waals surface area contributed by atoms with Gasteiger partial charge in [-0.05, 0) is 62.6 Å². The Morgan fingerprint density at radius 1 is 1.00 bits per heavy atom. The summed E-state index contributed by atoms with van der Waals surface area (Å²) in [4.78, 5) is 53.5. The summed E-state index contributed by atoms with van der Waals surface area (Å²) in [6.45, 7) is 6.73. The summed E-state index contributed by atoms with van der Waals surface area (Å²) in [5, 5.41) is 25.0. The first kappa shape index (κ1) is 31.9. The van der Waals surface area contributed by atoms with E-state index >= 15 is 0 Å². The van der Waals surface area contributed by atoms with E-state index in [0.717, 1.165) is 0 Å². The molecule has 11 nitrogen and oxygen atoms in total. The number of rotatable bonds is 12. The number of methoxy groups -OCH3 is 1. The molecule has 2 aromatic rings. The average Bonchev–Trinajstić information content (AvgIpc) is 2.88. The molecule has 218 valence electrons. The first-order valence-corrected chi connectivity index (χ1v) is 13.1. The van der Waals surface area contributed by atoms with E-state index < -0.39 is 48.1 Å². The normalized spacial score (nSPS) is 12.5. The second kappa shape index (κ2) is 14.8. The number of ether oxygens (including phenoxy) is 2. The highest BCUT2D eigenvalue weighted by atomic mass is 16.6. The van der Waals surface area contributed by atoms with Crippen LogP contribution in [0.4, 0.5) is 4.79 Å². The van der Waals surface area contributed by atoms with Crippen LogP contribution in [0.25, 0.3) is 0 Å². The summed E-state index contributed by atoms with van der Waals surface area (Å²) >= 11 is 0. The lowest BCUT2D eigenvalue weighted by Crippen LogP contribution is -2.54. The summed E-state index contributed by atoms with van der Waals surface area (Å²) < 4.78 is 10.0. The third-order valence-corrected chi connectivity index (χ3v) is 5.78. The molecular weight excluding hydrogens is 518 g/mol. The fraction of sp³-hybridized carbons (Fsp3) is 0.448. The van der Waals surface area contributed by atoms with Crippen molar-refractivity contribution in [1.29, 1.82) is 0 Å². The molecule has 0 aliphatic heterocycles. The number of hydrogen-bond donors (Lipinski definition) is 4. The van der Waals surface area contributed by atoms with Crippen molar-refractivity contribution in [2.75, 3.05) is 20.2 Å². The van der Waals surface area contributed by atoms with Gasteiger partial charge < -0.3 is 35.2 Å². The van der Waals surface area contributed by atoms with Gasteiger partial charge in [-0.1, -0.05) is 37.6 Å². The highest BCUT2D eigenvalue weighted by Crippen LogP contribution is 2.26. The number of benzene rings is 2. The first-order chi connectivity index (χ1) is 18.8. The van der Waals surface area contributed by atoms with Crippen molar-refractivity contribution in [3.63, 3.8) is 0 Å². The molecule has 2 atom stereocenters. The molecule has 0 spiro atoms. The molecule has 0 aromatic heterocycles. The Morgan fingerprint density at radius 2 is 1.68 bits per heavy atom. The van der Waals surface area contributed by atoms with Crippen molar-refractivity contribution in [3.05, 3.63) is 59.7 Å². The van der Waals surface area contributed by atoms with Crippen molar-refractivity contribution in [3.8, 4) is 11.5 Å². The number of amides is 3. The van der Waals surface area contributed by atoms with Gasteiger partial charge in [0.15, 0.2) is 0 Å². The Balaban J connectivity index is 2.54. The smallest absolute Gasteiger partial charge is 0.408 e. The highest BCUT2D eigenvalue weighted by molar-refractivity contribution is 5.93. The molecule has 0 bridgehead atoms. The molecular formula is C29H39N3O8. The Hall–Kier alpha value is -4.28. The van der Waals surface area contributed by atoms with Crippen molar-refractivity contribution in [2.24, 2.45) is 0 Å². The largest absolute Gasteiger partial charge is 0.508 e. The standard InChI is InChI=1S/C29H39N3O8/c1-6-7-15-32(25(20-9-8-10-22(34)17-20)26(36)30-18-24(35)39-5)27(37)23(31-28(38)40-29(2,3)4)16-19-11-13-21(33)14-12-19/h8-14,17,23,25,33-34H,6-7,15-16,18H2,1-5H3,(H,30,36)(H,31,38). The third-order valence-electron chi connectivity index (χ3n) is 5.78. The number of carbonyl (C=O) groups is 4. The van der Waals surface area contributed by atoms with Crippen LogP contribution in [0.1, 0.15) is 57.7 Å². The van der Waals surface area contributed by atoms with E-state index in [1.807, 2.05) is 6.92 Å². The van der Waals surface area contributed by atoms with E-state index in [-0.39, 0.29) is 24.5 Å². The predicted octanol–water partition coefficient (Wildman–Crippen LogP) is 3.19. The Morgan fingerprint density at radius 3 is 2.25 bits per heavy atom. The van der Waals surface area contributed by atoms with Crippen LogP contribution in [0, 0.1) is 0 Å². The second-order valence-corrected chi connectivity index (χ2v) is 10.2. The zero-order valence-electron chi connectivity index (χ0n) is 23.6. The number of alkyl carbamates (subject to hydrolysis) is 1. The van der Waals surface area contributed by atoms with Crippen LogP contribution in [-0.2, 0) is 30.3 Å². The van der Waals surface area contributed by atoms with Crippen molar-refractivity contribution >= 4 is 23.9 Å². The highest BCUT2D eigenvalue weighted by Gasteiger charge is 2.36. The lowest BCUT2D eigenvalue weighted by atomic mass is 9.99. The number of phenols is 2. The maximum atomic E-state index is 14.2. The SMILES string of the molecule is CCCCN(C(=O)C(Cc1ccc(O)cc1)NC(=O)OC(C)(C)C)C(C(=O)NCC(=O)OC)c1cccc(O)c1. The number of nitrogens with zero attached hydrogens (tertiary/aromatic N) is 1. The van der Waals surface area contributed by atoms with Gasteiger partial charge >= 0.3 is 12.1 Å². The molecule has 0 heterocycles. The van der Waals surface area contributed by atoms with Gasteiger partial charge in [-0.25, -0.2) is 4.79 Å². The molecule has 0 saturated carbocycles. The number of phenolic OH excluding ortho intramolecular Hbond substituents is 2. The minimum atomic E-state index is -1.24. The summed E-state index contributed by atoms with van der Waals surface area (Å²) in [6.07, 6.45) is 0.452. The van der Waals surface area contributed by atoms with E-state index in [1.165, 1.54) is 36.3 Å². The fourth-order valence-electron chi connectivity index (χ4n) is 3.91. The lowest BCUT2D eigenvalue weighted by molar-refractivity contribution is -0.144. The molecule has 0 radical (unpaired) electrons. The topological polar surface area (TPSA) is 154 Å². The molecule has 3 amide bonds. The summed E-state index contributed by atoms with van der Waals surface area (Å²) in [5.74, 6) is -1.98. The zero-order valence-corrected chi connectivity index (χ0v) is 23.6. The van der Waals surface area contributed by atoms with Gasteiger partial charge in [-0.15, -0.1) is 0 Å². The molecule has 11 heteroatoms. The minimum Gasteiger partial charge on any atom is -0.508 e. The Kier molecular flexibility index (Phi) is 11.8. The van der Waals surface area contributed by atoms with Crippen molar-refractivity contribution in [1.82, 2.24) is 15.5 Å². The molecule has 0 aliphatic rings. The number of carbonyl (C=O) groups excluding carboxylic acids is 4. The third kappa shape index (κ3) is 10.1. The molecule has 0 aliphatic carbocycles. The van der Waals surface area contributed by atoms with Crippen molar-refractivity contribution in [2.45, 2.75) is 64.6 Å². The predicted molar refractivity (Wildman–Crippen MR) is 147 cm³/mol. The number of nitrogens with one attached hydrogen (secondary N) is 2. The number of hydrogen-bond acceptors (Lipinski definition) is 8. The molecule has 0 fully saturated rings. The molecule has 2 rings (SSSR count). The fourth-order valence-corrected chi connectivity index (χ4v) is 3.91. The zero-order chi connectivity index (χ0) is 29.9. The van der Waals surface area contributed by atoms with E-state index in [4.69, 9.17) is 4.74 Å². The first-order valence-electron chi connectivity index (χ1n) is 13.1. The van der Waals surface area contributed by atoms with E-state index in [1.54, 1.807) is 45.0 Å². The van der Waals surface area contributed by atoms with Crippen LogP contribution >= 0.6 is 0 Å². The Bertz CT molecular complexity index is 1160. The van der Waals surface area contributed by atoms with Gasteiger partial charge in [-0.2, -0.15) is 0 Å². The molecule has 2 aromatic carbocycles. The molecule has 2 unspecified atom stereocenters. The maximum Gasteiger partial charge on any atom is 0.408 e. The van der Waals surface area contributed by atoms with Crippen LogP contribution in [-0.4, -0.2) is 70.8 Å². The maximum absolute atomic E-state index is 14.2.